The zero-order valence-electron chi connectivity index (χ0n) is 11.4. The molecule has 2 saturated heterocycles. The van der Waals surface area contributed by atoms with Crippen molar-refractivity contribution in [1.82, 2.24) is 9.21 Å². The third-order valence-electron chi connectivity index (χ3n) is 3.87. The van der Waals surface area contributed by atoms with E-state index in [9.17, 15) is 18.0 Å². The summed E-state index contributed by atoms with van der Waals surface area (Å²) in [4.78, 5) is 25.5. The van der Waals surface area contributed by atoms with Crippen LogP contribution in [0.3, 0.4) is 0 Å². The first kappa shape index (κ1) is 18.2. The number of fused-ring (bicyclic) bond motifs is 1. The Labute approximate surface area is 155 Å². The fraction of sp³-hybridized carbons (Fsp3) is 0.333. The van der Waals surface area contributed by atoms with Crippen LogP contribution in [0.1, 0.15) is 6.42 Å². The molecule has 2 heterocycles. The summed E-state index contributed by atoms with van der Waals surface area (Å²) in [6.07, 6.45) is 0.268. The zero-order valence-corrected chi connectivity index (χ0v) is 12.2. The fourth-order valence-corrected chi connectivity index (χ4v) is 3.77. The molecule has 3 rings (SSSR count). The number of amides is 3. The number of hydrogen-bond donors (Lipinski definition) is 2. The summed E-state index contributed by atoms with van der Waals surface area (Å²) in [5.41, 5.74) is 0.453. The SMILES string of the molecule is NN(C(=O)N1CC[C@@H]2[C@H]1C(=O)N2S(=O)(=O)O)c1ccccc1.[NaH]. The van der Waals surface area contributed by atoms with Gasteiger partial charge in [0.15, 0.2) is 0 Å². The van der Waals surface area contributed by atoms with Crippen molar-refractivity contribution in [2.75, 3.05) is 11.6 Å². The van der Waals surface area contributed by atoms with Crippen LogP contribution in [0.15, 0.2) is 30.3 Å². The van der Waals surface area contributed by atoms with Gasteiger partial charge >= 0.3 is 45.9 Å². The average molecular weight is 350 g/mol. The van der Waals surface area contributed by atoms with Crippen LogP contribution in [0.5, 0.6) is 0 Å². The molecule has 23 heavy (non-hydrogen) atoms. The Morgan fingerprint density at radius 1 is 1.30 bits per heavy atom. The number of anilines is 1. The molecule has 3 N–H and O–H groups in total. The Morgan fingerprint density at radius 2 is 1.91 bits per heavy atom. The quantitative estimate of drug-likeness (QED) is 0.175. The van der Waals surface area contributed by atoms with Gasteiger partial charge in [-0.2, -0.15) is 8.42 Å². The van der Waals surface area contributed by atoms with E-state index < -0.39 is 34.3 Å². The maximum absolute atomic E-state index is 12.4. The van der Waals surface area contributed by atoms with Crippen molar-refractivity contribution in [1.29, 1.82) is 0 Å². The number of urea groups is 1. The standard InChI is InChI=1S/C12H14N4O5S.Na.H/c13-15(8-4-2-1-3-5-8)12(18)14-7-6-9-10(14)11(17)16(9)22(19,20)21;;/h1-5,9-10H,6-7,13H2,(H,19,20,21);;/t9-,10+;;/m1../s1. The summed E-state index contributed by atoms with van der Waals surface area (Å²) in [5.74, 6) is 4.95. The number of para-hydroxylation sites is 1. The first-order chi connectivity index (χ1) is 10.3. The molecule has 2 fully saturated rings. The van der Waals surface area contributed by atoms with E-state index in [2.05, 4.69) is 0 Å². The molecule has 0 unspecified atom stereocenters. The van der Waals surface area contributed by atoms with E-state index in [4.69, 9.17) is 10.4 Å². The van der Waals surface area contributed by atoms with Crippen LogP contribution in [0, 0.1) is 0 Å². The minimum atomic E-state index is -4.59. The Balaban J connectivity index is 0.00000192. The maximum atomic E-state index is 12.4. The van der Waals surface area contributed by atoms with Gasteiger partial charge in [0, 0.05) is 6.54 Å². The third kappa shape index (κ3) is 2.97. The first-order valence-electron chi connectivity index (χ1n) is 6.53. The van der Waals surface area contributed by atoms with E-state index in [0.29, 0.717) is 9.99 Å². The molecule has 0 aliphatic carbocycles. The fourth-order valence-electron chi connectivity index (χ4n) is 2.87. The first-order valence-corrected chi connectivity index (χ1v) is 7.93. The van der Waals surface area contributed by atoms with Crippen LogP contribution in [-0.2, 0) is 15.1 Å². The molecule has 1 aromatic carbocycles. The molecule has 1 aromatic rings. The normalized spacial score (nSPS) is 23.0. The van der Waals surface area contributed by atoms with Crippen molar-refractivity contribution in [2.45, 2.75) is 18.5 Å². The van der Waals surface area contributed by atoms with Crippen molar-refractivity contribution in [3.8, 4) is 0 Å². The third-order valence-corrected chi connectivity index (χ3v) is 4.82. The van der Waals surface area contributed by atoms with Gasteiger partial charge in [-0.25, -0.2) is 20.0 Å². The molecule has 11 heteroatoms. The molecule has 120 valence electrons. The second kappa shape index (κ2) is 6.38. The Bertz CT molecular complexity index is 728. The Kier molecular flexibility index (Phi) is 5.04. The number of carbonyl (C=O) groups excluding carboxylic acids is 2. The zero-order chi connectivity index (χ0) is 16.1. The van der Waals surface area contributed by atoms with Crippen LogP contribution < -0.4 is 10.9 Å². The number of β-lactam (4-membered cyclic amide) rings is 1. The molecule has 2 atom stereocenters. The molecule has 0 radical (unpaired) electrons. The van der Waals surface area contributed by atoms with Crippen molar-refractivity contribution < 1.29 is 22.6 Å². The van der Waals surface area contributed by atoms with Gasteiger partial charge in [0.1, 0.15) is 6.04 Å². The number of hydrazine groups is 1. The topological polar surface area (TPSA) is 124 Å². The monoisotopic (exact) mass is 350 g/mol. The number of likely N-dealkylation sites (tertiary alicyclic amines) is 1. The summed E-state index contributed by atoms with van der Waals surface area (Å²) >= 11 is 0. The molecule has 2 aliphatic heterocycles. The van der Waals surface area contributed by atoms with Gasteiger partial charge in [-0.1, -0.05) is 18.2 Å². The molecule has 0 saturated carbocycles. The summed E-state index contributed by atoms with van der Waals surface area (Å²) in [6.45, 7) is 0.187. The number of hydrogen-bond acceptors (Lipinski definition) is 5. The number of carbonyl (C=O) groups is 2. The Hall–Kier alpha value is -1.17. The van der Waals surface area contributed by atoms with Gasteiger partial charge in [0.05, 0.1) is 11.7 Å². The van der Waals surface area contributed by atoms with Gasteiger partial charge in [-0.05, 0) is 18.6 Å². The van der Waals surface area contributed by atoms with E-state index in [1.54, 1.807) is 30.3 Å². The number of nitrogens with zero attached hydrogens (tertiary/aromatic N) is 3. The summed E-state index contributed by atoms with van der Waals surface area (Å²) in [5, 5.41) is 0.908. The molecule has 0 bridgehead atoms. The van der Waals surface area contributed by atoms with Crippen molar-refractivity contribution in [3.05, 3.63) is 30.3 Å². The molecular formula is C12H15N4NaO5S. The molecular weight excluding hydrogens is 335 g/mol. The van der Waals surface area contributed by atoms with Crippen molar-refractivity contribution in [3.63, 3.8) is 0 Å². The van der Waals surface area contributed by atoms with Crippen molar-refractivity contribution in [2.24, 2.45) is 5.84 Å². The number of benzene rings is 1. The van der Waals surface area contributed by atoms with Crippen LogP contribution in [0.4, 0.5) is 10.5 Å². The van der Waals surface area contributed by atoms with E-state index in [1.807, 2.05) is 0 Å². The van der Waals surface area contributed by atoms with E-state index in [0.717, 1.165) is 5.01 Å². The predicted octanol–water partition coefficient (Wildman–Crippen LogP) is -1.07. The summed E-state index contributed by atoms with van der Waals surface area (Å²) < 4.78 is 31.7. The van der Waals surface area contributed by atoms with E-state index in [-0.39, 0.29) is 42.5 Å². The summed E-state index contributed by atoms with van der Waals surface area (Å²) in [6, 6.07) is 6.25. The second-order valence-electron chi connectivity index (χ2n) is 5.09. The average Bonchev–Trinajstić information content (AvgIpc) is 2.83. The molecule has 0 aromatic heterocycles. The minimum absolute atomic E-state index is 0. The van der Waals surface area contributed by atoms with Crippen molar-refractivity contribution >= 4 is 57.5 Å². The predicted molar refractivity (Wildman–Crippen MR) is 82.9 cm³/mol. The second-order valence-corrected chi connectivity index (χ2v) is 6.38. The van der Waals surface area contributed by atoms with Gasteiger partial charge in [-0.15, -0.1) is 0 Å². The van der Waals surface area contributed by atoms with Gasteiger partial charge in [-0.3, -0.25) is 9.35 Å². The molecule has 3 amide bonds. The summed E-state index contributed by atoms with van der Waals surface area (Å²) in [7, 11) is -4.59. The van der Waals surface area contributed by atoms with Crippen LogP contribution >= 0.6 is 0 Å². The van der Waals surface area contributed by atoms with E-state index >= 15 is 0 Å². The number of rotatable bonds is 2. The van der Waals surface area contributed by atoms with E-state index in [1.165, 1.54) is 4.90 Å². The van der Waals surface area contributed by atoms with Crippen LogP contribution in [0.2, 0.25) is 0 Å². The van der Waals surface area contributed by atoms with Gasteiger partial charge < -0.3 is 4.90 Å². The van der Waals surface area contributed by atoms with Crippen LogP contribution in [0.25, 0.3) is 0 Å². The van der Waals surface area contributed by atoms with Gasteiger partial charge in [0.2, 0.25) is 0 Å². The van der Waals surface area contributed by atoms with Crippen LogP contribution in [-0.4, -0.2) is 82.3 Å². The molecule has 9 nitrogen and oxygen atoms in total. The molecule has 0 spiro atoms. The van der Waals surface area contributed by atoms with Gasteiger partial charge in [0.25, 0.3) is 5.91 Å². The Morgan fingerprint density at radius 3 is 2.48 bits per heavy atom. The number of nitrogens with two attached hydrogens (primary N) is 1. The molecule has 2 aliphatic rings.